The van der Waals surface area contributed by atoms with Gasteiger partial charge in [0, 0.05) is 25.1 Å². The molecule has 2 aromatic heterocycles. The van der Waals surface area contributed by atoms with Crippen LogP contribution in [0.5, 0.6) is 0 Å². The molecule has 0 aromatic carbocycles. The minimum Gasteiger partial charge on any atom is -0.444 e. The highest BCUT2D eigenvalue weighted by molar-refractivity contribution is 6.02. The van der Waals surface area contributed by atoms with Crippen LogP contribution in [0.3, 0.4) is 0 Å². The Kier molecular flexibility index (Phi) is 5.95. The molecule has 2 aromatic rings. The van der Waals surface area contributed by atoms with Crippen molar-refractivity contribution in [2.75, 3.05) is 18.5 Å². The van der Waals surface area contributed by atoms with E-state index in [0.29, 0.717) is 12.1 Å². The van der Waals surface area contributed by atoms with Gasteiger partial charge >= 0.3 is 12.3 Å². The van der Waals surface area contributed by atoms with E-state index in [-0.39, 0.29) is 48.2 Å². The molecule has 2 bridgehead atoms. The van der Waals surface area contributed by atoms with E-state index in [1.807, 2.05) is 0 Å². The van der Waals surface area contributed by atoms with Crippen LogP contribution in [0.15, 0.2) is 12.1 Å². The van der Waals surface area contributed by atoms with E-state index in [1.165, 1.54) is 17.8 Å². The number of nitrogens with zero attached hydrogens (tertiary/aromatic N) is 3. The highest BCUT2D eigenvalue weighted by Gasteiger charge is 2.57. The van der Waals surface area contributed by atoms with E-state index in [0.717, 1.165) is 25.2 Å². The van der Waals surface area contributed by atoms with Crippen LogP contribution in [0.25, 0.3) is 0 Å². The van der Waals surface area contributed by atoms with Crippen LogP contribution in [0, 0.1) is 5.92 Å². The Labute approximate surface area is 197 Å². The maximum absolute atomic E-state index is 12.6. The molecule has 2 amide bonds. The van der Waals surface area contributed by atoms with Gasteiger partial charge in [0.2, 0.25) is 0 Å². The van der Waals surface area contributed by atoms with Gasteiger partial charge in [-0.25, -0.2) is 4.79 Å². The van der Waals surface area contributed by atoms with E-state index in [2.05, 4.69) is 30.7 Å². The zero-order valence-corrected chi connectivity index (χ0v) is 18.9. The summed E-state index contributed by atoms with van der Waals surface area (Å²) in [6.45, 7) is -1.53. The summed E-state index contributed by atoms with van der Waals surface area (Å²) >= 11 is 0. The zero-order valence-electron chi connectivity index (χ0n) is 18.9. The first kappa shape index (κ1) is 23.6. The minimum atomic E-state index is -4.44. The molecule has 1 saturated heterocycles. The van der Waals surface area contributed by atoms with Crippen LogP contribution in [0.4, 0.5) is 23.8 Å². The molecule has 35 heavy (non-hydrogen) atoms. The van der Waals surface area contributed by atoms with E-state index in [1.54, 1.807) is 6.07 Å². The largest absolute Gasteiger partial charge is 0.444 e. The topological polar surface area (TPSA) is 132 Å². The number of rotatable bonds is 8. The number of aromatic amines is 1. The maximum atomic E-state index is 12.6. The minimum absolute atomic E-state index is 0.0538. The lowest BCUT2D eigenvalue weighted by molar-refractivity contribution is -0.176. The molecule has 2 atom stereocenters. The Hall–Kier alpha value is -3.13. The number of alkyl carbamates (subject to hydrolysis) is 1. The Morgan fingerprint density at radius 2 is 2.09 bits per heavy atom. The lowest BCUT2D eigenvalue weighted by atomic mass is 9.50. The second kappa shape index (κ2) is 8.82. The third-order valence-corrected chi connectivity index (χ3v) is 6.50. The highest BCUT2D eigenvalue weighted by atomic mass is 19.4. The predicted octanol–water partition coefficient (Wildman–Crippen LogP) is 2.58. The summed E-state index contributed by atoms with van der Waals surface area (Å²) in [5.41, 5.74) is 0.868. The van der Waals surface area contributed by atoms with Crippen LogP contribution < -0.4 is 10.6 Å². The second-order valence-electron chi connectivity index (χ2n) is 9.38. The summed E-state index contributed by atoms with van der Waals surface area (Å²) in [7, 11) is 1.49. The highest BCUT2D eigenvalue weighted by Crippen LogP contribution is 2.56. The van der Waals surface area contributed by atoms with Crippen molar-refractivity contribution in [2.24, 2.45) is 13.0 Å². The molecule has 4 aliphatic rings. The third kappa shape index (κ3) is 5.27. The zero-order chi connectivity index (χ0) is 24.8. The molecule has 3 aliphatic carbocycles. The van der Waals surface area contributed by atoms with Crippen molar-refractivity contribution < 1.29 is 37.0 Å². The number of hydrogen-bond acceptors (Lipinski definition) is 7. The number of hydrogen-bond donors (Lipinski definition) is 3. The quantitative estimate of drug-likeness (QED) is 0.510. The van der Waals surface area contributed by atoms with Gasteiger partial charge < -0.3 is 24.8 Å². The van der Waals surface area contributed by atoms with Crippen molar-refractivity contribution in [1.29, 1.82) is 0 Å². The fourth-order valence-electron chi connectivity index (χ4n) is 4.75. The van der Waals surface area contributed by atoms with Crippen LogP contribution in [-0.2, 0) is 27.9 Å². The van der Waals surface area contributed by atoms with Crippen molar-refractivity contribution >= 4 is 17.8 Å². The van der Waals surface area contributed by atoms with Gasteiger partial charge in [-0.2, -0.15) is 23.4 Å². The molecule has 0 unspecified atom stereocenters. The van der Waals surface area contributed by atoms with Gasteiger partial charge in [-0.3, -0.25) is 14.6 Å². The molecule has 4 fully saturated rings. The molecule has 190 valence electrons. The Morgan fingerprint density at radius 1 is 1.31 bits per heavy atom. The smallest absolute Gasteiger partial charge is 0.411 e. The molecule has 3 saturated carbocycles. The third-order valence-electron chi connectivity index (χ3n) is 6.50. The summed E-state index contributed by atoms with van der Waals surface area (Å²) in [6, 6.07) is 2.95. The average molecular weight is 498 g/mol. The molecule has 3 N–H and O–H groups in total. The number of ether oxygens (including phenoxy) is 3. The van der Waals surface area contributed by atoms with Crippen molar-refractivity contribution in [3.8, 4) is 0 Å². The van der Waals surface area contributed by atoms with Gasteiger partial charge in [-0.15, -0.1) is 0 Å². The van der Waals surface area contributed by atoms with E-state index in [4.69, 9.17) is 9.47 Å². The number of carbonyl (C=O) groups is 2. The van der Waals surface area contributed by atoms with Gasteiger partial charge in [-0.05, 0) is 31.2 Å². The first-order valence-corrected chi connectivity index (χ1v) is 11.2. The van der Waals surface area contributed by atoms with E-state index >= 15 is 0 Å². The molecular formula is C21H25F3N6O5. The maximum Gasteiger partial charge on any atom is 0.411 e. The number of H-pyrrole nitrogens is 1. The molecule has 14 heteroatoms. The summed E-state index contributed by atoms with van der Waals surface area (Å²) in [5, 5.41) is 16.4. The molecule has 1 aliphatic heterocycles. The summed E-state index contributed by atoms with van der Waals surface area (Å²) in [5.74, 6) is 0.441. The number of aryl methyl sites for hydroxylation is 1. The van der Waals surface area contributed by atoms with Crippen LogP contribution in [0.1, 0.15) is 53.7 Å². The summed E-state index contributed by atoms with van der Waals surface area (Å²) in [6.07, 6.45) is -2.10. The van der Waals surface area contributed by atoms with Gasteiger partial charge in [-0.1, -0.05) is 0 Å². The van der Waals surface area contributed by atoms with Crippen LogP contribution in [0.2, 0.25) is 0 Å². The standard InChI is InChI=1S/C21H25F3N6O5/c1-30-15(2-12(29-30)8-33-10-21(22,23)24)18(31)25-17-4-14(27-28-17)16-3-13(9-34-16)35-19(32)26-20-5-11(6-20)7-20/h2,4,11,13,16H,3,5-10H2,1H3,(H,26,32)(H2,25,27,28,31)/t11?,13-,16-,20?/m0/s1. The van der Waals surface area contributed by atoms with E-state index < -0.39 is 24.8 Å². The first-order valence-electron chi connectivity index (χ1n) is 11.2. The number of anilines is 1. The monoisotopic (exact) mass is 498 g/mol. The lowest BCUT2D eigenvalue weighted by Crippen LogP contribution is -2.68. The number of amides is 2. The van der Waals surface area contributed by atoms with Gasteiger partial charge in [0.05, 0.1) is 24.6 Å². The Morgan fingerprint density at radius 3 is 2.77 bits per heavy atom. The van der Waals surface area contributed by atoms with Crippen LogP contribution >= 0.6 is 0 Å². The number of halogens is 3. The van der Waals surface area contributed by atoms with Gasteiger partial charge in [0.25, 0.3) is 5.91 Å². The number of aromatic nitrogens is 4. The molecule has 3 heterocycles. The van der Waals surface area contributed by atoms with E-state index in [9.17, 15) is 22.8 Å². The van der Waals surface area contributed by atoms with Gasteiger partial charge in [0.1, 0.15) is 24.5 Å². The average Bonchev–Trinajstić information content (AvgIpc) is 3.43. The summed E-state index contributed by atoms with van der Waals surface area (Å²) in [4.78, 5) is 24.7. The van der Waals surface area contributed by atoms with Crippen LogP contribution in [-0.4, -0.2) is 63.0 Å². The summed E-state index contributed by atoms with van der Waals surface area (Å²) < 4.78 is 53.7. The number of alkyl halides is 3. The Bertz CT molecular complexity index is 1100. The molecule has 6 rings (SSSR count). The fraction of sp³-hybridized carbons (Fsp3) is 0.619. The number of carbonyl (C=O) groups excluding carboxylic acids is 2. The molecular weight excluding hydrogens is 473 g/mol. The number of nitrogens with one attached hydrogen (secondary N) is 3. The fourth-order valence-corrected chi connectivity index (χ4v) is 4.75. The van der Waals surface area contributed by atoms with Crippen molar-refractivity contribution in [3.05, 3.63) is 29.2 Å². The molecule has 0 spiro atoms. The Balaban J connectivity index is 1.10. The molecule has 0 radical (unpaired) electrons. The molecule has 11 nitrogen and oxygen atoms in total. The van der Waals surface area contributed by atoms with Crippen molar-refractivity contribution in [2.45, 2.75) is 56.2 Å². The van der Waals surface area contributed by atoms with Crippen molar-refractivity contribution in [3.63, 3.8) is 0 Å². The van der Waals surface area contributed by atoms with Crippen molar-refractivity contribution in [1.82, 2.24) is 25.3 Å². The van der Waals surface area contributed by atoms with Gasteiger partial charge in [0.15, 0.2) is 5.82 Å². The second-order valence-corrected chi connectivity index (χ2v) is 9.38. The predicted molar refractivity (Wildman–Crippen MR) is 112 cm³/mol. The SMILES string of the molecule is Cn1nc(COCC(F)(F)F)cc1C(=O)Nc1cc([C@@H]2C[C@H](OC(=O)NC34CC(C3)C4)CO2)[nH]n1. The lowest BCUT2D eigenvalue weighted by Gasteiger charge is -2.61. The first-order chi connectivity index (χ1) is 16.6. The normalized spacial score (nSPS) is 27.1.